The average molecular weight is 724 g/mol. The van der Waals surface area contributed by atoms with Crippen molar-refractivity contribution in [1.29, 1.82) is 0 Å². The molecule has 3 aromatic carbocycles. The number of aromatic nitrogens is 2. The third-order valence-corrected chi connectivity index (χ3v) is 8.34. The highest BCUT2D eigenvalue weighted by Gasteiger charge is 2.33. The van der Waals surface area contributed by atoms with Crippen molar-refractivity contribution in [2.24, 2.45) is 11.7 Å². The Balaban J connectivity index is 0.00000338. The van der Waals surface area contributed by atoms with Gasteiger partial charge in [0, 0.05) is 30.8 Å². The maximum Gasteiger partial charge on any atom is 0.250 e. The van der Waals surface area contributed by atoms with E-state index < -0.39 is 29.4 Å². The van der Waals surface area contributed by atoms with Gasteiger partial charge in [0.15, 0.2) is 11.6 Å². The molecule has 4 aromatic rings. The first-order chi connectivity index (χ1) is 23.1. The number of imidazole rings is 1. The number of ether oxygens (including phenoxy) is 1. The van der Waals surface area contributed by atoms with Gasteiger partial charge in [-0.25, -0.2) is 4.98 Å². The van der Waals surface area contributed by atoms with Gasteiger partial charge in [0.25, 0.3) is 5.91 Å². The summed E-state index contributed by atoms with van der Waals surface area (Å²) < 4.78 is 7.45. The van der Waals surface area contributed by atoms with Gasteiger partial charge in [-0.15, -0.1) is 24.8 Å². The first kappa shape index (κ1) is 39.9. The van der Waals surface area contributed by atoms with Crippen LogP contribution in [0.15, 0.2) is 104 Å². The van der Waals surface area contributed by atoms with Crippen molar-refractivity contribution < 1.29 is 23.9 Å². The highest BCUT2D eigenvalue weighted by Crippen LogP contribution is 2.27. The van der Waals surface area contributed by atoms with Crippen molar-refractivity contribution in [2.45, 2.75) is 50.9 Å². The molecule has 1 aliphatic rings. The number of hydrogen-bond acceptors (Lipinski definition) is 7. The number of nitrogens with two attached hydrogens (primary N) is 1. The molecule has 0 bridgehead atoms. The van der Waals surface area contributed by atoms with E-state index >= 15 is 0 Å². The molecule has 1 aliphatic heterocycles. The van der Waals surface area contributed by atoms with Gasteiger partial charge < -0.3 is 30.6 Å². The highest BCUT2D eigenvalue weighted by atomic mass is 35.5. The first-order valence-corrected chi connectivity index (χ1v) is 16.1. The molecule has 3 amide bonds. The van der Waals surface area contributed by atoms with Gasteiger partial charge >= 0.3 is 0 Å². The SMILES string of the molecule is CC(C)(N)C(=O)N[C@H](COCc1ccccc1)C(=O)Nc1cn(C(C(=O)N2CCC(C(=O)c3ccccc3)CC2)c2ccccc2)cn1.Cl.Cl. The fraction of sp³-hybridized carbons (Fsp3) is 0.324. The standard InChI is InChI=1S/C37H42N6O5.2ClH/c1-37(2,38)36(47)40-30(24-48-23-26-12-6-3-7-13-26)34(45)41-31-22-43(25-39-31)32(27-14-8-4-9-15-27)35(46)42-20-18-29(19-21-42)33(44)28-16-10-5-11-17-28;;/h3-17,22,25,29-30,32H,18-21,23-24,38H2,1-2H3,(H,40,47)(H,41,45);2*1H/t30-,32?;;/m1../s1. The number of ketones is 1. The molecule has 5 rings (SSSR count). The predicted octanol–water partition coefficient (Wildman–Crippen LogP) is 4.82. The van der Waals surface area contributed by atoms with E-state index in [0.717, 1.165) is 11.1 Å². The summed E-state index contributed by atoms with van der Waals surface area (Å²) in [6.45, 7) is 4.15. The summed E-state index contributed by atoms with van der Waals surface area (Å²) in [6, 6.07) is 26.3. The van der Waals surface area contributed by atoms with Crippen LogP contribution in [0.1, 0.15) is 54.2 Å². The molecule has 2 heterocycles. The molecule has 1 unspecified atom stereocenters. The molecule has 0 spiro atoms. The number of halogens is 2. The number of hydrogen-bond donors (Lipinski definition) is 3. The monoisotopic (exact) mass is 722 g/mol. The lowest BCUT2D eigenvalue weighted by Gasteiger charge is -2.34. The Morgan fingerprint density at radius 1 is 0.900 bits per heavy atom. The summed E-state index contributed by atoms with van der Waals surface area (Å²) >= 11 is 0. The molecule has 13 heteroatoms. The number of nitrogens with one attached hydrogen (secondary N) is 2. The van der Waals surface area contributed by atoms with Crippen LogP contribution >= 0.6 is 24.8 Å². The Labute approximate surface area is 304 Å². The zero-order valence-corrected chi connectivity index (χ0v) is 29.7. The van der Waals surface area contributed by atoms with E-state index in [0.29, 0.717) is 31.5 Å². The molecule has 4 N–H and O–H groups in total. The lowest BCUT2D eigenvalue weighted by molar-refractivity contribution is -0.134. The van der Waals surface area contributed by atoms with Crippen LogP contribution in [0.2, 0.25) is 0 Å². The third-order valence-electron chi connectivity index (χ3n) is 8.34. The molecule has 0 saturated carbocycles. The topological polar surface area (TPSA) is 149 Å². The number of carbonyl (C=O) groups is 4. The molecule has 1 aromatic heterocycles. The second kappa shape index (κ2) is 18.4. The predicted molar refractivity (Wildman–Crippen MR) is 196 cm³/mol. The lowest BCUT2D eigenvalue weighted by Crippen LogP contribution is -2.56. The number of likely N-dealkylation sites (tertiary alicyclic amines) is 1. The Bertz CT molecular complexity index is 1690. The van der Waals surface area contributed by atoms with Gasteiger partial charge in [0.2, 0.25) is 11.8 Å². The number of anilines is 1. The maximum atomic E-state index is 14.1. The molecule has 0 aliphatic carbocycles. The Kier molecular flexibility index (Phi) is 14.7. The minimum absolute atomic E-state index is 0. The van der Waals surface area contributed by atoms with Crippen LogP contribution in [-0.4, -0.2) is 69.2 Å². The quantitative estimate of drug-likeness (QED) is 0.168. The summed E-state index contributed by atoms with van der Waals surface area (Å²) in [5, 5.41) is 5.44. The van der Waals surface area contributed by atoms with Gasteiger partial charge in [-0.05, 0) is 37.8 Å². The minimum atomic E-state index is -1.22. The van der Waals surface area contributed by atoms with E-state index in [1.807, 2.05) is 91.0 Å². The van der Waals surface area contributed by atoms with Gasteiger partial charge in [0.1, 0.15) is 12.1 Å². The molecule has 266 valence electrons. The summed E-state index contributed by atoms with van der Waals surface area (Å²) in [4.78, 5) is 59.4. The van der Waals surface area contributed by atoms with Crippen LogP contribution in [0.3, 0.4) is 0 Å². The average Bonchev–Trinajstić information content (AvgIpc) is 3.56. The van der Waals surface area contributed by atoms with E-state index in [1.54, 1.807) is 29.5 Å². The highest BCUT2D eigenvalue weighted by molar-refractivity contribution is 5.99. The van der Waals surface area contributed by atoms with Crippen molar-refractivity contribution in [3.8, 4) is 0 Å². The number of rotatable bonds is 13. The fourth-order valence-electron chi connectivity index (χ4n) is 5.60. The van der Waals surface area contributed by atoms with Crippen LogP contribution in [0.5, 0.6) is 0 Å². The fourth-order valence-corrected chi connectivity index (χ4v) is 5.60. The van der Waals surface area contributed by atoms with E-state index in [-0.39, 0.29) is 61.5 Å². The number of amides is 3. The van der Waals surface area contributed by atoms with Crippen molar-refractivity contribution in [1.82, 2.24) is 19.8 Å². The van der Waals surface area contributed by atoms with Crippen molar-refractivity contribution >= 4 is 54.1 Å². The van der Waals surface area contributed by atoms with Crippen LogP contribution in [-0.2, 0) is 25.7 Å². The molecule has 50 heavy (non-hydrogen) atoms. The summed E-state index contributed by atoms with van der Waals surface area (Å²) in [7, 11) is 0. The van der Waals surface area contributed by atoms with Gasteiger partial charge in [-0.3, -0.25) is 19.2 Å². The summed E-state index contributed by atoms with van der Waals surface area (Å²) in [5.41, 5.74) is 7.13. The van der Waals surface area contributed by atoms with E-state index in [4.69, 9.17) is 10.5 Å². The minimum Gasteiger partial charge on any atom is -0.374 e. The molecular weight excluding hydrogens is 679 g/mol. The van der Waals surface area contributed by atoms with Crippen molar-refractivity contribution in [2.75, 3.05) is 25.0 Å². The Morgan fingerprint density at radius 3 is 2.08 bits per heavy atom. The number of carbonyl (C=O) groups excluding carboxylic acids is 4. The summed E-state index contributed by atoms with van der Waals surface area (Å²) in [6.07, 6.45) is 4.24. The second-order valence-electron chi connectivity index (χ2n) is 12.6. The maximum absolute atomic E-state index is 14.1. The largest absolute Gasteiger partial charge is 0.374 e. The lowest BCUT2D eigenvalue weighted by atomic mass is 9.88. The second-order valence-corrected chi connectivity index (χ2v) is 12.6. The zero-order valence-electron chi connectivity index (χ0n) is 28.1. The first-order valence-electron chi connectivity index (χ1n) is 16.1. The van der Waals surface area contributed by atoms with Crippen LogP contribution in [0, 0.1) is 5.92 Å². The van der Waals surface area contributed by atoms with E-state index in [1.165, 1.54) is 6.33 Å². The smallest absolute Gasteiger partial charge is 0.250 e. The number of piperidine rings is 1. The van der Waals surface area contributed by atoms with E-state index in [2.05, 4.69) is 15.6 Å². The Hall–Kier alpha value is -4.55. The zero-order chi connectivity index (χ0) is 34.1. The van der Waals surface area contributed by atoms with Crippen molar-refractivity contribution in [3.05, 3.63) is 120 Å². The van der Waals surface area contributed by atoms with Crippen LogP contribution in [0.25, 0.3) is 0 Å². The van der Waals surface area contributed by atoms with Crippen molar-refractivity contribution in [3.63, 3.8) is 0 Å². The number of Topliss-reactive ketones (excluding diaryl/α,β-unsaturated/α-hetero) is 1. The molecule has 2 atom stereocenters. The van der Waals surface area contributed by atoms with Gasteiger partial charge in [0.05, 0.1) is 25.1 Å². The van der Waals surface area contributed by atoms with Gasteiger partial charge in [-0.1, -0.05) is 91.0 Å². The molecular formula is C37H44Cl2N6O5. The summed E-state index contributed by atoms with van der Waals surface area (Å²) in [5.74, 6) is -1.02. The van der Waals surface area contributed by atoms with Crippen LogP contribution in [0.4, 0.5) is 5.82 Å². The molecule has 0 radical (unpaired) electrons. The number of nitrogens with zero attached hydrogens (tertiary/aromatic N) is 3. The molecule has 1 fully saturated rings. The number of benzene rings is 3. The molecule has 1 saturated heterocycles. The Morgan fingerprint density at radius 2 is 1.48 bits per heavy atom. The van der Waals surface area contributed by atoms with Gasteiger partial charge in [-0.2, -0.15) is 0 Å². The third kappa shape index (κ3) is 10.5. The normalized spacial score (nSPS) is 14.3. The van der Waals surface area contributed by atoms with Crippen LogP contribution < -0.4 is 16.4 Å². The molecule has 11 nitrogen and oxygen atoms in total. The van der Waals surface area contributed by atoms with E-state index in [9.17, 15) is 19.2 Å².